The lowest BCUT2D eigenvalue weighted by Crippen LogP contribution is -2.60. The Balaban J connectivity index is 2.48. The molecule has 18 heavy (non-hydrogen) atoms. The third kappa shape index (κ3) is 4.23. The molecule has 0 aromatic carbocycles. The predicted molar refractivity (Wildman–Crippen MR) is 74.4 cm³/mol. The molecule has 1 fully saturated rings. The van der Waals surface area contributed by atoms with E-state index in [4.69, 9.17) is 5.73 Å². The van der Waals surface area contributed by atoms with Gasteiger partial charge in [0.25, 0.3) is 0 Å². The molecule has 2 atom stereocenters. The molecule has 0 radical (unpaired) electrons. The summed E-state index contributed by atoms with van der Waals surface area (Å²) < 4.78 is 0. The molecule has 1 aliphatic rings. The van der Waals surface area contributed by atoms with Crippen LogP contribution in [-0.2, 0) is 4.79 Å². The second-order valence-electron chi connectivity index (χ2n) is 5.21. The summed E-state index contributed by atoms with van der Waals surface area (Å²) in [6.07, 6.45) is 2.15. The van der Waals surface area contributed by atoms with Gasteiger partial charge < -0.3 is 16.0 Å². The molecule has 0 aromatic heterocycles. The molecule has 1 saturated heterocycles. The summed E-state index contributed by atoms with van der Waals surface area (Å²) in [5.74, 6) is 0.131. The minimum atomic E-state index is -0.0795. The summed E-state index contributed by atoms with van der Waals surface area (Å²) in [4.78, 5) is 16.6. The number of unbranched alkanes of at least 4 members (excludes halogenated alkanes) is 1. The second-order valence-corrected chi connectivity index (χ2v) is 5.21. The van der Waals surface area contributed by atoms with Crippen LogP contribution in [0.15, 0.2) is 0 Å². The van der Waals surface area contributed by atoms with Gasteiger partial charge in [-0.1, -0.05) is 13.3 Å². The van der Waals surface area contributed by atoms with E-state index in [1.54, 1.807) is 0 Å². The number of rotatable bonds is 6. The monoisotopic (exact) mass is 256 g/mol. The topological polar surface area (TPSA) is 61.6 Å². The van der Waals surface area contributed by atoms with E-state index in [-0.39, 0.29) is 18.0 Å². The van der Waals surface area contributed by atoms with Crippen molar-refractivity contribution in [1.82, 2.24) is 15.1 Å². The molecule has 0 saturated carbocycles. The lowest BCUT2D eigenvalue weighted by molar-refractivity contribution is -0.127. The van der Waals surface area contributed by atoms with Gasteiger partial charge in [-0.15, -0.1) is 0 Å². The highest BCUT2D eigenvalue weighted by atomic mass is 16.2. The van der Waals surface area contributed by atoms with E-state index in [0.29, 0.717) is 6.54 Å². The van der Waals surface area contributed by atoms with Crippen LogP contribution in [0.2, 0.25) is 0 Å². The Hall–Kier alpha value is -0.650. The Labute approximate surface area is 111 Å². The third-order valence-electron chi connectivity index (χ3n) is 3.71. The zero-order chi connectivity index (χ0) is 13.5. The first-order valence-electron chi connectivity index (χ1n) is 7.02. The van der Waals surface area contributed by atoms with E-state index >= 15 is 0 Å². The Morgan fingerprint density at radius 2 is 2.22 bits per heavy atom. The molecule has 1 rings (SSSR count). The van der Waals surface area contributed by atoms with Gasteiger partial charge in [-0.25, -0.2) is 0 Å². The molecule has 1 aliphatic heterocycles. The first kappa shape index (κ1) is 15.4. The zero-order valence-electron chi connectivity index (χ0n) is 12.0. The maximum absolute atomic E-state index is 12.1. The van der Waals surface area contributed by atoms with Gasteiger partial charge in [0.15, 0.2) is 0 Å². The number of amides is 1. The highest BCUT2D eigenvalue weighted by Gasteiger charge is 2.30. The van der Waals surface area contributed by atoms with Crippen LogP contribution in [0.3, 0.4) is 0 Å². The Morgan fingerprint density at radius 1 is 1.50 bits per heavy atom. The van der Waals surface area contributed by atoms with Gasteiger partial charge in [-0.3, -0.25) is 9.69 Å². The van der Waals surface area contributed by atoms with E-state index in [1.165, 1.54) is 0 Å². The number of nitrogens with zero attached hydrogens (tertiary/aromatic N) is 2. The van der Waals surface area contributed by atoms with Gasteiger partial charge >= 0.3 is 0 Å². The summed E-state index contributed by atoms with van der Waals surface area (Å²) >= 11 is 0. The number of carbonyl (C=O) groups excluding carboxylic acids is 1. The maximum Gasteiger partial charge on any atom is 0.237 e. The second kappa shape index (κ2) is 7.71. The highest BCUT2D eigenvalue weighted by Crippen LogP contribution is 2.11. The van der Waals surface area contributed by atoms with E-state index < -0.39 is 0 Å². The van der Waals surface area contributed by atoms with Crippen molar-refractivity contribution in [3.05, 3.63) is 0 Å². The van der Waals surface area contributed by atoms with Gasteiger partial charge in [-0.05, 0) is 20.4 Å². The van der Waals surface area contributed by atoms with E-state index in [0.717, 1.165) is 39.0 Å². The minimum absolute atomic E-state index is 0.0795. The van der Waals surface area contributed by atoms with Crippen LogP contribution in [0.5, 0.6) is 0 Å². The van der Waals surface area contributed by atoms with Crippen LogP contribution >= 0.6 is 0 Å². The number of hydrogen-bond donors (Lipinski definition) is 2. The lowest BCUT2D eigenvalue weighted by Gasteiger charge is -2.42. The summed E-state index contributed by atoms with van der Waals surface area (Å²) in [5.41, 5.74) is 5.82. The lowest BCUT2D eigenvalue weighted by atomic mass is 10.1. The Morgan fingerprint density at radius 3 is 2.83 bits per heavy atom. The highest BCUT2D eigenvalue weighted by molar-refractivity contribution is 5.81. The van der Waals surface area contributed by atoms with Crippen LogP contribution in [0.25, 0.3) is 0 Å². The average Bonchev–Trinajstić information content (AvgIpc) is 2.37. The largest absolute Gasteiger partial charge is 0.355 e. The van der Waals surface area contributed by atoms with Gasteiger partial charge in [0, 0.05) is 38.8 Å². The summed E-state index contributed by atoms with van der Waals surface area (Å²) in [7, 11) is 2.10. The van der Waals surface area contributed by atoms with Crippen molar-refractivity contribution in [2.75, 3.05) is 39.8 Å². The van der Waals surface area contributed by atoms with Crippen LogP contribution in [-0.4, -0.2) is 67.6 Å². The van der Waals surface area contributed by atoms with Crippen molar-refractivity contribution < 1.29 is 4.79 Å². The smallest absolute Gasteiger partial charge is 0.237 e. The molecule has 0 aliphatic carbocycles. The molecule has 0 aromatic rings. The zero-order valence-corrected chi connectivity index (χ0v) is 12.0. The molecule has 1 heterocycles. The SMILES string of the molecule is CCCCNC(=O)C(C)N1CCN(C)CC1CN. The van der Waals surface area contributed by atoms with Crippen molar-refractivity contribution in [2.24, 2.45) is 5.73 Å². The first-order valence-corrected chi connectivity index (χ1v) is 7.02. The van der Waals surface area contributed by atoms with E-state index in [9.17, 15) is 4.79 Å². The maximum atomic E-state index is 12.1. The molecule has 0 spiro atoms. The molecule has 3 N–H and O–H groups in total. The fourth-order valence-electron chi connectivity index (χ4n) is 2.43. The molecule has 1 amide bonds. The number of carbonyl (C=O) groups is 1. The van der Waals surface area contributed by atoms with Crippen LogP contribution < -0.4 is 11.1 Å². The number of likely N-dealkylation sites (N-methyl/N-ethyl adjacent to an activating group) is 1. The third-order valence-corrected chi connectivity index (χ3v) is 3.71. The van der Waals surface area contributed by atoms with Crippen molar-refractivity contribution >= 4 is 5.91 Å². The fraction of sp³-hybridized carbons (Fsp3) is 0.923. The van der Waals surface area contributed by atoms with Gasteiger partial charge in [0.2, 0.25) is 5.91 Å². The molecule has 5 heteroatoms. The number of nitrogens with two attached hydrogens (primary N) is 1. The van der Waals surface area contributed by atoms with Crippen LogP contribution in [0.1, 0.15) is 26.7 Å². The van der Waals surface area contributed by atoms with E-state index in [2.05, 4.69) is 29.1 Å². The van der Waals surface area contributed by atoms with Crippen molar-refractivity contribution in [2.45, 2.75) is 38.8 Å². The standard InChI is InChI=1S/C13H28N4O/c1-4-5-6-15-13(18)11(2)17-8-7-16(3)10-12(17)9-14/h11-12H,4-10,14H2,1-3H3,(H,15,18). The van der Waals surface area contributed by atoms with Crippen LogP contribution in [0, 0.1) is 0 Å². The van der Waals surface area contributed by atoms with Crippen molar-refractivity contribution in [1.29, 1.82) is 0 Å². The van der Waals surface area contributed by atoms with Crippen molar-refractivity contribution in [3.8, 4) is 0 Å². The molecule has 2 unspecified atom stereocenters. The predicted octanol–water partition coefficient (Wildman–Crippen LogP) is -0.134. The average molecular weight is 256 g/mol. The van der Waals surface area contributed by atoms with Gasteiger partial charge in [0.1, 0.15) is 0 Å². The summed E-state index contributed by atoms with van der Waals surface area (Å²) in [6.45, 7) is 8.36. The summed E-state index contributed by atoms with van der Waals surface area (Å²) in [6, 6.07) is 0.208. The molecule has 106 valence electrons. The van der Waals surface area contributed by atoms with E-state index in [1.807, 2.05) is 6.92 Å². The number of piperazine rings is 1. The first-order chi connectivity index (χ1) is 8.60. The molecule has 0 bridgehead atoms. The molecule has 5 nitrogen and oxygen atoms in total. The normalized spacial score (nSPS) is 23.9. The molecular weight excluding hydrogens is 228 g/mol. The van der Waals surface area contributed by atoms with Gasteiger partial charge in [-0.2, -0.15) is 0 Å². The number of hydrogen-bond acceptors (Lipinski definition) is 4. The quantitative estimate of drug-likeness (QED) is 0.650. The minimum Gasteiger partial charge on any atom is -0.355 e. The Kier molecular flexibility index (Phi) is 6.60. The van der Waals surface area contributed by atoms with Gasteiger partial charge in [0.05, 0.1) is 6.04 Å². The molecular formula is C13H28N4O. The summed E-state index contributed by atoms with van der Waals surface area (Å²) in [5, 5.41) is 3.00. The Bertz CT molecular complexity index is 259. The van der Waals surface area contributed by atoms with Crippen LogP contribution in [0.4, 0.5) is 0 Å². The number of nitrogens with one attached hydrogen (secondary N) is 1. The fourth-order valence-corrected chi connectivity index (χ4v) is 2.43. The van der Waals surface area contributed by atoms with Crippen molar-refractivity contribution in [3.63, 3.8) is 0 Å².